The van der Waals surface area contributed by atoms with Gasteiger partial charge in [0.25, 0.3) is 0 Å². The van der Waals surface area contributed by atoms with E-state index in [0.717, 1.165) is 35.7 Å². The van der Waals surface area contributed by atoms with Crippen molar-refractivity contribution in [1.29, 1.82) is 0 Å². The van der Waals surface area contributed by atoms with Crippen molar-refractivity contribution in [2.24, 2.45) is 17.8 Å². The summed E-state index contributed by atoms with van der Waals surface area (Å²) in [6, 6.07) is 0. The third-order valence-corrected chi connectivity index (χ3v) is 4.08. The summed E-state index contributed by atoms with van der Waals surface area (Å²) in [4.78, 5) is 8.22. The maximum absolute atomic E-state index is 5.82. The second kappa shape index (κ2) is 4.45. The summed E-state index contributed by atoms with van der Waals surface area (Å²) in [5.41, 5.74) is 1.07. The van der Waals surface area contributed by atoms with Crippen LogP contribution >= 0.6 is 11.6 Å². The molecule has 0 amide bonds. The van der Waals surface area contributed by atoms with Crippen LogP contribution in [0.4, 0.5) is 5.82 Å². The van der Waals surface area contributed by atoms with E-state index in [2.05, 4.69) is 15.3 Å². The predicted molar refractivity (Wildman–Crippen MR) is 69.2 cm³/mol. The van der Waals surface area contributed by atoms with Crippen LogP contribution < -0.4 is 5.32 Å². The number of nitrogens with one attached hydrogen (secondary N) is 1. The summed E-state index contributed by atoms with van der Waals surface area (Å²) >= 11 is 5.82. The quantitative estimate of drug-likeness (QED) is 0.816. The van der Waals surface area contributed by atoms with E-state index in [9.17, 15) is 0 Å². The molecule has 1 heterocycles. The molecule has 0 unspecified atom stereocenters. The molecule has 0 radical (unpaired) electrons. The van der Waals surface area contributed by atoms with E-state index in [1.54, 1.807) is 6.20 Å². The topological polar surface area (TPSA) is 37.8 Å². The first-order chi connectivity index (χ1) is 8.24. The normalized spacial score (nSPS) is 19.7. The largest absolute Gasteiger partial charge is 0.369 e. The minimum Gasteiger partial charge on any atom is -0.369 e. The lowest BCUT2D eigenvalue weighted by Gasteiger charge is -2.17. The molecular formula is C13H18ClN3. The minimum absolute atomic E-state index is 0.326. The number of aryl methyl sites for hydroxylation is 1. The zero-order valence-electron chi connectivity index (χ0n) is 10.1. The molecule has 3 nitrogen and oxygen atoms in total. The highest BCUT2D eigenvalue weighted by Crippen LogP contribution is 2.49. The van der Waals surface area contributed by atoms with E-state index < -0.39 is 0 Å². The van der Waals surface area contributed by atoms with Crippen molar-refractivity contribution < 1.29 is 0 Å². The SMILES string of the molecule is Cc1cnc(Cl)nc1NCC(C1CC1)C1CC1. The van der Waals surface area contributed by atoms with Crippen LogP contribution in [0.15, 0.2) is 6.20 Å². The average Bonchev–Trinajstić information content (AvgIpc) is 3.14. The highest BCUT2D eigenvalue weighted by molar-refractivity contribution is 6.28. The third-order valence-electron chi connectivity index (χ3n) is 3.90. The summed E-state index contributed by atoms with van der Waals surface area (Å²) in [5, 5.41) is 3.79. The van der Waals surface area contributed by atoms with Gasteiger partial charge in [-0.1, -0.05) is 0 Å². The lowest BCUT2D eigenvalue weighted by molar-refractivity contribution is 0.427. The maximum Gasteiger partial charge on any atom is 0.224 e. The van der Waals surface area contributed by atoms with Gasteiger partial charge in [0.1, 0.15) is 5.82 Å². The number of hydrogen-bond acceptors (Lipinski definition) is 3. The van der Waals surface area contributed by atoms with Crippen LogP contribution in [-0.4, -0.2) is 16.5 Å². The zero-order chi connectivity index (χ0) is 11.8. The van der Waals surface area contributed by atoms with E-state index in [0.29, 0.717) is 5.28 Å². The molecule has 0 aromatic carbocycles. The van der Waals surface area contributed by atoms with E-state index >= 15 is 0 Å². The van der Waals surface area contributed by atoms with Crippen molar-refractivity contribution in [3.05, 3.63) is 17.0 Å². The van der Waals surface area contributed by atoms with Crippen LogP contribution in [0.3, 0.4) is 0 Å². The molecule has 17 heavy (non-hydrogen) atoms. The van der Waals surface area contributed by atoms with Crippen LogP contribution in [0.5, 0.6) is 0 Å². The Bertz CT molecular complexity index is 401. The molecule has 2 saturated carbocycles. The number of nitrogens with zero attached hydrogens (tertiary/aromatic N) is 2. The summed E-state index contributed by atoms with van der Waals surface area (Å²) in [6.07, 6.45) is 7.47. The number of rotatable bonds is 5. The van der Waals surface area contributed by atoms with Gasteiger partial charge in [-0.05, 0) is 62.0 Å². The number of anilines is 1. The highest BCUT2D eigenvalue weighted by atomic mass is 35.5. The highest BCUT2D eigenvalue weighted by Gasteiger charge is 2.41. The molecule has 2 aliphatic rings. The molecule has 3 rings (SSSR count). The van der Waals surface area contributed by atoms with E-state index in [1.807, 2.05) is 6.92 Å². The Morgan fingerprint density at radius 3 is 2.59 bits per heavy atom. The summed E-state index contributed by atoms with van der Waals surface area (Å²) in [6.45, 7) is 3.06. The number of hydrogen-bond donors (Lipinski definition) is 1. The van der Waals surface area contributed by atoms with Gasteiger partial charge in [0, 0.05) is 18.3 Å². The van der Waals surface area contributed by atoms with Crippen LogP contribution in [-0.2, 0) is 0 Å². The molecule has 4 heteroatoms. The molecule has 2 fully saturated rings. The molecule has 0 aliphatic heterocycles. The van der Waals surface area contributed by atoms with Gasteiger partial charge in [-0.3, -0.25) is 0 Å². The van der Waals surface area contributed by atoms with Crippen molar-refractivity contribution in [3.8, 4) is 0 Å². The van der Waals surface area contributed by atoms with Crippen molar-refractivity contribution in [3.63, 3.8) is 0 Å². The second-order valence-electron chi connectivity index (χ2n) is 5.39. The van der Waals surface area contributed by atoms with Gasteiger partial charge in [-0.15, -0.1) is 0 Å². The fourth-order valence-corrected chi connectivity index (χ4v) is 2.71. The molecule has 1 aromatic heterocycles. The molecule has 0 atom stereocenters. The monoisotopic (exact) mass is 251 g/mol. The first-order valence-electron chi connectivity index (χ1n) is 6.47. The fourth-order valence-electron chi connectivity index (χ4n) is 2.58. The Kier molecular flexibility index (Phi) is 2.95. The first kappa shape index (κ1) is 11.3. The van der Waals surface area contributed by atoms with E-state index in [1.165, 1.54) is 25.7 Å². The van der Waals surface area contributed by atoms with Gasteiger partial charge in [0.05, 0.1) is 0 Å². The van der Waals surface area contributed by atoms with Crippen molar-refractivity contribution in [2.45, 2.75) is 32.6 Å². The Balaban J connectivity index is 1.63. The Labute approximate surface area is 107 Å². The number of halogens is 1. The Morgan fingerprint density at radius 2 is 2.00 bits per heavy atom. The second-order valence-corrected chi connectivity index (χ2v) is 5.73. The molecule has 0 spiro atoms. The predicted octanol–water partition coefficient (Wildman–Crippen LogP) is 3.29. The van der Waals surface area contributed by atoms with Crippen molar-refractivity contribution >= 4 is 17.4 Å². The van der Waals surface area contributed by atoms with Crippen LogP contribution in [0.25, 0.3) is 0 Å². The zero-order valence-corrected chi connectivity index (χ0v) is 10.9. The smallest absolute Gasteiger partial charge is 0.224 e. The fraction of sp³-hybridized carbons (Fsp3) is 0.692. The minimum atomic E-state index is 0.326. The van der Waals surface area contributed by atoms with Gasteiger partial charge in [-0.2, -0.15) is 0 Å². The first-order valence-corrected chi connectivity index (χ1v) is 6.85. The van der Waals surface area contributed by atoms with Gasteiger partial charge < -0.3 is 5.32 Å². The van der Waals surface area contributed by atoms with Gasteiger partial charge in [0.2, 0.25) is 5.28 Å². The van der Waals surface area contributed by atoms with Crippen molar-refractivity contribution in [1.82, 2.24) is 9.97 Å². The number of aromatic nitrogens is 2. The maximum atomic E-state index is 5.82. The molecular weight excluding hydrogens is 234 g/mol. The molecule has 1 aromatic rings. The molecule has 0 saturated heterocycles. The van der Waals surface area contributed by atoms with Gasteiger partial charge in [-0.25, -0.2) is 9.97 Å². The average molecular weight is 252 g/mol. The molecule has 2 aliphatic carbocycles. The summed E-state index contributed by atoms with van der Waals surface area (Å²) < 4.78 is 0. The van der Waals surface area contributed by atoms with Crippen LogP contribution in [0, 0.1) is 24.7 Å². The Morgan fingerprint density at radius 1 is 1.35 bits per heavy atom. The standard InChI is InChI=1S/C13H18ClN3/c1-8-6-16-13(14)17-12(8)15-7-11(9-2-3-9)10-4-5-10/h6,9-11H,2-5,7H2,1H3,(H,15,16,17). The van der Waals surface area contributed by atoms with Crippen LogP contribution in [0.1, 0.15) is 31.2 Å². The molecule has 0 bridgehead atoms. The Hall–Kier alpha value is -0.830. The molecule has 1 N–H and O–H groups in total. The van der Waals surface area contributed by atoms with E-state index in [4.69, 9.17) is 11.6 Å². The van der Waals surface area contributed by atoms with Crippen molar-refractivity contribution in [2.75, 3.05) is 11.9 Å². The third kappa shape index (κ3) is 2.71. The van der Waals surface area contributed by atoms with Crippen LogP contribution in [0.2, 0.25) is 5.28 Å². The van der Waals surface area contributed by atoms with E-state index in [-0.39, 0.29) is 0 Å². The van der Waals surface area contributed by atoms with Gasteiger partial charge in [0.15, 0.2) is 0 Å². The lowest BCUT2D eigenvalue weighted by atomic mass is 9.98. The lowest BCUT2D eigenvalue weighted by Crippen LogP contribution is -2.19. The molecule has 92 valence electrons. The summed E-state index contributed by atoms with van der Waals surface area (Å²) in [5.74, 6) is 3.68. The summed E-state index contributed by atoms with van der Waals surface area (Å²) in [7, 11) is 0. The van der Waals surface area contributed by atoms with Gasteiger partial charge >= 0.3 is 0 Å².